The number of rotatable bonds is 24. The molecular formula is C71H134N6O11S14. The Bertz CT molecular complexity index is 3270. The van der Waals surface area contributed by atoms with Crippen molar-refractivity contribution < 1.29 is 33.8 Å². The van der Waals surface area contributed by atoms with Crippen molar-refractivity contribution in [2.24, 2.45) is 35.5 Å². The van der Waals surface area contributed by atoms with Crippen LogP contribution in [0.3, 0.4) is 0 Å². The Morgan fingerprint density at radius 1 is 0.500 bits per heavy atom. The highest BCUT2D eigenvalue weighted by Gasteiger charge is 2.29. The molecule has 102 heavy (non-hydrogen) atoms. The molecule has 0 bridgehead atoms. The van der Waals surface area contributed by atoms with E-state index in [1.165, 1.54) is 61.6 Å². The number of aliphatic hydroxyl groups excluding tert-OH is 1. The van der Waals surface area contributed by atoms with Crippen LogP contribution < -0.4 is 29.1 Å². The first-order valence-corrected chi connectivity index (χ1v) is 43.5. The molecule has 4 aromatic heterocycles. The van der Waals surface area contributed by atoms with Crippen LogP contribution in [-0.4, -0.2) is 88.5 Å². The largest absolute Gasteiger partial charge is 0.464 e. The van der Waals surface area contributed by atoms with Crippen LogP contribution in [0.1, 0.15) is 231 Å². The quantitative estimate of drug-likeness (QED) is 0.0290. The number of thioether (sulfide) groups is 2. The Hall–Kier alpha value is -2.76. The van der Waals surface area contributed by atoms with Gasteiger partial charge in [0.05, 0.1) is 11.8 Å². The van der Waals surface area contributed by atoms with Crippen molar-refractivity contribution in [1.29, 1.82) is 10.8 Å². The Morgan fingerprint density at radius 3 is 1.29 bits per heavy atom. The van der Waals surface area contributed by atoms with Gasteiger partial charge in [-0.1, -0.05) is 267 Å². The zero-order valence-corrected chi connectivity index (χ0v) is 64.3. The molecule has 1 aliphatic rings. The van der Waals surface area contributed by atoms with Gasteiger partial charge in [0, 0.05) is 58.9 Å². The molecule has 9 unspecified atom stereocenters. The van der Waals surface area contributed by atoms with Crippen molar-refractivity contribution in [2.75, 3.05) is 23.9 Å². The average molecular weight is 1700 g/mol. The summed E-state index contributed by atoms with van der Waals surface area (Å²) in [6.07, 6.45) is 4.32. The monoisotopic (exact) mass is 1690 g/mol. The fourth-order valence-electron chi connectivity index (χ4n) is 6.58. The van der Waals surface area contributed by atoms with Crippen molar-refractivity contribution in [3.8, 4) is 0 Å². The molecule has 0 amide bonds. The second-order valence-corrected chi connectivity index (χ2v) is 35.3. The normalized spacial score (nSPS) is 13.8. The molecule has 9 atom stereocenters. The number of ether oxygens (including phenoxy) is 2. The zero-order valence-electron chi connectivity index (χ0n) is 52.9. The van der Waals surface area contributed by atoms with Crippen LogP contribution in [0, 0.1) is 54.2 Å². The zero-order chi connectivity index (χ0) is 67.5. The second-order valence-electron chi connectivity index (χ2n) is 20.9. The summed E-state index contributed by atoms with van der Waals surface area (Å²) in [5, 5.41) is 24.9. The average Bonchev–Trinajstić information content (AvgIpc) is 1.71. The van der Waals surface area contributed by atoms with Crippen molar-refractivity contribution in [1.82, 2.24) is 18.3 Å². The predicted octanol–water partition coefficient (Wildman–Crippen LogP) is 22.9. The molecule has 1 saturated heterocycles. The third-order valence-corrected chi connectivity index (χ3v) is 28.1. The van der Waals surface area contributed by atoms with E-state index >= 15 is 0 Å². The van der Waals surface area contributed by atoms with Gasteiger partial charge in [0.2, 0.25) is 16.6 Å². The lowest BCUT2D eigenvalue weighted by Crippen LogP contribution is -2.38. The van der Waals surface area contributed by atoms with Gasteiger partial charge in [-0.05, 0) is 156 Å². The molecule has 598 valence electrons. The third kappa shape index (κ3) is 45.8. The number of nitrogens with zero attached hydrogens (tertiary/aromatic N) is 4. The Morgan fingerprint density at radius 2 is 0.892 bits per heavy atom. The summed E-state index contributed by atoms with van der Waals surface area (Å²) in [5.74, 6) is 4.11. The maximum absolute atomic E-state index is 12.0. The van der Waals surface area contributed by atoms with Crippen LogP contribution in [0.5, 0.6) is 0 Å². The number of carbonyl (C=O) groups is 4. The highest BCUT2D eigenvalue weighted by Crippen LogP contribution is 2.31. The molecule has 6 aromatic rings. The highest BCUT2D eigenvalue weighted by atomic mass is 33.1. The van der Waals surface area contributed by atoms with E-state index in [-0.39, 0.29) is 151 Å². The van der Waals surface area contributed by atoms with E-state index in [1.54, 1.807) is 28.5 Å². The minimum Gasteiger partial charge on any atom is -0.464 e. The van der Waals surface area contributed by atoms with Crippen LogP contribution in [-0.2, 0) is 43.7 Å². The van der Waals surface area contributed by atoms with Gasteiger partial charge in [-0.2, -0.15) is 16.3 Å². The molecule has 2 aromatic carbocycles. The highest BCUT2D eigenvalue weighted by molar-refractivity contribution is 8.76. The van der Waals surface area contributed by atoms with E-state index in [9.17, 15) is 43.5 Å². The molecule has 17 nitrogen and oxygen atoms in total. The van der Waals surface area contributed by atoms with Crippen molar-refractivity contribution in [2.45, 2.75) is 253 Å². The molecule has 1 aliphatic heterocycles. The van der Waals surface area contributed by atoms with E-state index in [2.05, 4.69) is 69.3 Å². The Kier molecular flexibility index (Phi) is 82.9. The third-order valence-electron chi connectivity index (χ3n) is 13.7. The van der Waals surface area contributed by atoms with Gasteiger partial charge >= 0.3 is 31.4 Å². The van der Waals surface area contributed by atoms with Crippen LogP contribution in [0.2, 0.25) is 0 Å². The summed E-state index contributed by atoms with van der Waals surface area (Å²) in [4.78, 5) is 90.5. The summed E-state index contributed by atoms with van der Waals surface area (Å²) in [7, 11) is 12.4. The molecule has 31 heteroatoms. The molecule has 0 radical (unpaired) electrons. The second kappa shape index (κ2) is 68.7. The fourth-order valence-corrected chi connectivity index (χ4v) is 18.9. The molecular weight excluding hydrogens is 1560 g/mol. The summed E-state index contributed by atoms with van der Waals surface area (Å²) < 4.78 is 17.4. The van der Waals surface area contributed by atoms with E-state index in [0.717, 1.165) is 106 Å². The van der Waals surface area contributed by atoms with Gasteiger partial charge in [-0.15, -0.1) is 11.8 Å². The van der Waals surface area contributed by atoms with Crippen LogP contribution in [0.4, 0.5) is 0 Å². The topological polar surface area (TPSA) is 243 Å². The van der Waals surface area contributed by atoms with Gasteiger partial charge in [0.1, 0.15) is 18.8 Å². The molecule has 3 N–H and O–H groups in total. The SMILES string of the molecule is C.C.C.C.C.C.C.C.C.C.C.C.CCC(C)C(=O)OC1CSSCC1O.CCC(C)C(=O)OCC(CSCc1ccccc1)SCc1ccccc1.CCC(C)C(=O)n1c(=N)ssc1=S.CCC(C)C(=O)n1c(=O)ssc1=O.CCC(C)Cn1c(=N)ssc1=S.CCC(C)Cn1c(=O)ssc1=O. The van der Waals surface area contributed by atoms with Gasteiger partial charge in [0.15, 0.2) is 12.7 Å². The standard InChI is InChI=1S/C22H28O2S2.C9H16O3S2.C7H10N2OS3.C7H12N2S3.C7H9NO3S2.C7H11NO2S2.12CH4/c1-3-18(2)22(23)24-14-21(26-16-20-12-8-5-9-13-20)17-25-15-19-10-6-4-7-11-19;1-3-6(2)9(11)12-8-5-14-13-4-7(8)10;1-3-4(2)5(10)9-6(8)12-13-7(9)11;1-3-5(2)4-9-6(8)11-12-7(9)10;1-3-4(2)5(9)8-6(10)12-13-7(8)11;1-3-5(2)4-8-6(9)11-12-7(8)10;;;;;;;;;;;;/h4-13,18,21H,3,14-17H2,1-2H3;6-8,10H,3-5H2,1-2H3;4,8H,3H2,1-2H3;5,8H,3-4H2,1-2H3;4H,3H2,1-2H3;5H,3-4H2,1-2H3;12*1H4. The summed E-state index contributed by atoms with van der Waals surface area (Å²) >= 11 is 13.9. The minimum atomic E-state index is -0.505. The number of esters is 2. The lowest BCUT2D eigenvalue weighted by molar-refractivity contribution is -0.157. The number of aliphatic hydroxyl groups is 1. The van der Waals surface area contributed by atoms with Gasteiger partial charge < -0.3 is 14.6 Å². The van der Waals surface area contributed by atoms with Crippen molar-refractivity contribution in [3.63, 3.8) is 0 Å². The van der Waals surface area contributed by atoms with E-state index in [0.29, 0.717) is 56.9 Å². The molecule has 7 rings (SSSR count). The van der Waals surface area contributed by atoms with Crippen molar-refractivity contribution >= 4 is 176 Å². The fraction of sp³-hybridized carbons (Fsp3) is 0.662. The van der Waals surface area contributed by atoms with E-state index in [1.807, 2.05) is 95.6 Å². The predicted molar refractivity (Wildman–Crippen MR) is 474 cm³/mol. The number of aromatic nitrogens is 4. The van der Waals surface area contributed by atoms with Crippen molar-refractivity contribution in [3.05, 3.63) is 128 Å². The maximum atomic E-state index is 12.0. The smallest absolute Gasteiger partial charge is 0.327 e. The van der Waals surface area contributed by atoms with Gasteiger partial charge in [0.25, 0.3) is 0 Å². The number of carbonyl (C=O) groups excluding carboxylic acids is 4. The van der Waals surface area contributed by atoms with E-state index < -0.39 is 21.8 Å². The van der Waals surface area contributed by atoms with Gasteiger partial charge in [-0.3, -0.25) is 58.3 Å². The first-order valence-electron chi connectivity index (χ1n) is 29.4. The van der Waals surface area contributed by atoms with E-state index in [4.69, 9.17) is 44.7 Å². The number of nitrogens with one attached hydrogen (secondary N) is 2. The Labute approximate surface area is 672 Å². The molecule has 0 saturated carbocycles. The lowest BCUT2D eigenvalue weighted by Gasteiger charge is -2.27. The lowest BCUT2D eigenvalue weighted by atomic mass is 10.1. The number of hydrogen-bond acceptors (Lipinski definition) is 27. The summed E-state index contributed by atoms with van der Waals surface area (Å²) in [6.45, 7) is 25.5. The minimum absolute atomic E-state index is 0. The molecule has 5 heterocycles. The maximum Gasteiger partial charge on any atom is 0.327 e. The molecule has 0 spiro atoms. The van der Waals surface area contributed by atoms with Gasteiger partial charge in [-0.25, -0.2) is 4.57 Å². The molecule has 0 aliphatic carbocycles. The Balaban J connectivity index is -0.000000109. The van der Waals surface area contributed by atoms with Crippen LogP contribution in [0.15, 0.2) is 79.8 Å². The first kappa shape index (κ1) is 123. The molecule has 1 fully saturated rings. The first-order chi connectivity index (χ1) is 42.8. The summed E-state index contributed by atoms with van der Waals surface area (Å²) in [6, 6.07) is 21.0. The van der Waals surface area contributed by atoms with Crippen LogP contribution in [0.25, 0.3) is 0 Å². The number of hydrogen-bond donors (Lipinski definition) is 3. The van der Waals surface area contributed by atoms with Crippen LogP contribution >= 0.6 is 152 Å². The summed E-state index contributed by atoms with van der Waals surface area (Å²) in [5.41, 5.74) is 2.64. The number of benzene rings is 2.